The number of guanidine groups is 1. The number of carboxylic acid groups (broad SMARTS) is 1. The number of amides is 8. The number of rotatable bonds is 34. The number of benzene rings is 1. The molecule has 1 fully saturated rings. The van der Waals surface area contributed by atoms with E-state index in [1.807, 2.05) is 6.92 Å². The molecular weight excluding hydrogens is 970 g/mol. The Morgan fingerprint density at radius 2 is 1.49 bits per heavy atom. The van der Waals surface area contributed by atoms with Gasteiger partial charge < -0.3 is 86.7 Å². The van der Waals surface area contributed by atoms with Gasteiger partial charge in [0.05, 0.1) is 18.7 Å². The molecule has 1 aromatic rings. The van der Waals surface area contributed by atoms with Gasteiger partial charge in [-0.1, -0.05) is 56.9 Å². The standard InChI is InChI=1S/C47H78FN15O11/c1-3-4-5-16-31(41(68)60-33(46(73)74)18-11-22-55-47(53)54)59-42(69)34(24-28-13-6-7-14-29(28)48)61-43(70)35-19-12-23-63(35)45(72)32(17-10-21-50)58-37(65)26-56-39(66)27(2)57-44(71)38(36(64)25-51)62-40(67)30(52)15-8-9-20-49/h6-7,13-14,18,27,30-32,34-36,38,64H,3-5,8-12,15-17,19-26,49-52H2,1-2H3,(H,56,66)(H,57,71)(H,58,65)(H,59,69)(H,60,68)(H,61,70)(H,62,67)(H,73,74)(H4,53,54,55)/b33-18-/t27-,30-,31-,32+,34-,35-,36-,38-/m0/s1. The molecule has 8 amide bonds. The van der Waals surface area contributed by atoms with Crippen molar-refractivity contribution in [3.05, 3.63) is 47.4 Å². The molecule has 1 aromatic carbocycles. The molecule has 1 heterocycles. The molecule has 26 nitrogen and oxygen atoms in total. The first-order valence-corrected chi connectivity index (χ1v) is 24.8. The van der Waals surface area contributed by atoms with Crippen LogP contribution in [0.4, 0.5) is 4.39 Å². The number of aliphatic carboxylic acids is 1. The van der Waals surface area contributed by atoms with Gasteiger partial charge in [0, 0.05) is 26.1 Å². The van der Waals surface area contributed by atoms with Crippen LogP contribution in [0.1, 0.15) is 96.5 Å². The summed E-state index contributed by atoms with van der Waals surface area (Å²) in [5, 5.41) is 37.4. The highest BCUT2D eigenvalue weighted by atomic mass is 19.1. The molecule has 8 atom stereocenters. The van der Waals surface area contributed by atoms with Crippen molar-refractivity contribution in [3.8, 4) is 0 Å². The van der Waals surface area contributed by atoms with Crippen LogP contribution in [0.2, 0.25) is 0 Å². The number of nitrogens with zero attached hydrogens (tertiary/aromatic N) is 2. The van der Waals surface area contributed by atoms with Crippen molar-refractivity contribution in [1.82, 2.24) is 42.1 Å². The van der Waals surface area contributed by atoms with E-state index >= 15 is 4.39 Å². The molecule has 21 N–H and O–H groups in total. The molecule has 27 heteroatoms. The Balaban J connectivity index is 2.26. The van der Waals surface area contributed by atoms with Crippen LogP contribution in [0.3, 0.4) is 0 Å². The monoisotopic (exact) mass is 1050 g/mol. The summed E-state index contributed by atoms with van der Waals surface area (Å²) in [6, 6.07) is -3.59. The number of likely N-dealkylation sites (tertiary alicyclic amines) is 1. The third-order valence-corrected chi connectivity index (χ3v) is 11.9. The van der Waals surface area contributed by atoms with Crippen molar-refractivity contribution >= 4 is 59.2 Å². The summed E-state index contributed by atoms with van der Waals surface area (Å²) >= 11 is 0. The number of aliphatic imine (C=N–C) groups is 1. The van der Waals surface area contributed by atoms with Gasteiger partial charge in [-0.05, 0) is 83.0 Å². The predicted octanol–water partition coefficient (Wildman–Crippen LogP) is -4.24. The topological polar surface area (TPSA) is 450 Å². The van der Waals surface area contributed by atoms with E-state index in [4.69, 9.17) is 34.4 Å². The lowest BCUT2D eigenvalue weighted by atomic mass is 10.0. The highest BCUT2D eigenvalue weighted by Gasteiger charge is 2.40. The van der Waals surface area contributed by atoms with Crippen LogP contribution < -0.4 is 71.6 Å². The van der Waals surface area contributed by atoms with Gasteiger partial charge in [0.25, 0.3) is 0 Å². The number of carbonyl (C=O) groups is 9. The number of hydrogen-bond acceptors (Lipinski definition) is 15. The SMILES string of the molecule is CCCCC[C@H](NC(=O)[C@H](Cc1ccccc1F)NC(=O)[C@@H]1CCCN1C(=O)[C@@H](CCCN)NC(=O)CNC(=O)[C@H](C)NC(=O)[C@@H](NC(=O)[C@@H](N)CCCCN)[C@@H](O)CN)C(=O)N/C(=C\CCN=C(N)N)C(=O)O. The van der Waals surface area contributed by atoms with Crippen molar-refractivity contribution in [2.24, 2.45) is 39.4 Å². The number of carbonyl (C=O) groups excluding carboxylic acids is 8. The number of aliphatic hydroxyl groups excluding tert-OH is 1. The Morgan fingerprint density at radius 3 is 2.12 bits per heavy atom. The van der Waals surface area contributed by atoms with E-state index in [1.165, 1.54) is 36.1 Å². The van der Waals surface area contributed by atoms with Gasteiger partial charge >= 0.3 is 5.97 Å². The lowest BCUT2D eigenvalue weighted by Crippen LogP contribution is -2.60. The Morgan fingerprint density at radius 1 is 0.811 bits per heavy atom. The average molecular weight is 1050 g/mol. The summed E-state index contributed by atoms with van der Waals surface area (Å²) in [6.07, 6.45) is 3.39. The molecule has 0 bridgehead atoms. The van der Waals surface area contributed by atoms with Crippen molar-refractivity contribution in [2.45, 2.75) is 146 Å². The first-order chi connectivity index (χ1) is 35.2. The molecule has 0 radical (unpaired) electrons. The highest BCUT2D eigenvalue weighted by Crippen LogP contribution is 2.21. The summed E-state index contributed by atoms with van der Waals surface area (Å²) < 4.78 is 15.1. The quantitative estimate of drug-likeness (QED) is 0.0135. The maximum atomic E-state index is 15.1. The number of carboxylic acids is 1. The lowest BCUT2D eigenvalue weighted by molar-refractivity contribution is -0.142. The van der Waals surface area contributed by atoms with Gasteiger partial charge in [-0.2, -0.15) is 0 Å². The van der Waals surface area contributed by atoms with E-state index in [2.05, 4.69) is 42.2 Å². The average Bonchev–Trinajstić information content (AvgIpc) is 3.87. The fourth-order valence-electron chi connectivity index (χ4n) is 7.70. The molecule has 0 aromatic heterocycles. The Kier molecular flexibility index (Phi) is 28.9. The maximum absolute atomic E-state index is 15.1. The zero-order valence-corrected chi connectivity index (χ0v) is 42.2. The molecule has 0 spiro atoms. The first kappa shape index (κ1) is 63.3. The van der Waals surface area contributed by atoms with Crippen LogP contribution in [-0.4, -0.2) is 162 Å². The van der Waals surface area contributed by atoms with Crippen LogP contribution in [0.5, 0.6) is 0 Å². The number of hydrogen-bond donors (Lipinski definition) is 15. The van der Waals surface area contributed by atoms with Crippen molar-refractivity contribution in [3.63, 3.8) is 0 Å². The van der Waals surface area contributed by atoms with Crippen molar-refractivity contribution in [2.75, 3.05) is 39.3 Å². The van der Waals surface area contributed by atoms with Crippen LogP contribution in [0.25, 0.3) is 0 Å². The zero-order valence-electron chi connectivity index (χ0n) is 42.2. The number of unbranched alkanes of at least 4 members (excludes halogenated alkanes) is 3. The van der Waals surface area contributed by atoms with Crippen molar-refractivity contribution in [1.29, 1.82) is 0 Å². The summed E-state index contributed by atoms with van der Waals surface area (Å²) in [4.78, 5) is 125. The van der Waals surface area contributed by atoms with E-state index in [1.54, 1.807) is 0 Å². The van der Waals surface area contributed by atoms with Crippen LogP contribution in [0, 0.1) is 5.82 Å². The van der Waals surface area contributed by atoms with Gasteiger partial charge in [-0.25, -0.2) is 9.18 Å². The minimum Gasteiger partial charge on any atom is -0.477 e. The van der Waals surface area contributed by atoms with Gasteiger partial charge in [0.15, 0.2) is 5.96 Å². The molecule has 2 rings (SSSR count). The molecule has 0 aliphatic carbocycles. The summed E-state index contributed by atoms with van der Waals surface area (Å²) in [7, 11) is 0. The third-order valence-electron chi connectivity index (χ3n) is 11.9. The van der Waals surface area contributed by atoms with Crippen LogP contribution in [0.15, 0.2) is 41.0 Å². The van der Waals surface area contributed by atoms with E-state index in [9.17, 15) is 53.4 Å². The number of halogens is 1. The largest absolute Gasteiger partial charge is 0.477 e. The molecule has 0 saturated carbocycles. The van der Waals surface area contributed by atoms with E-state index in [-0.39, 0.29) is 76.1 Å². The molecule has 1 aliphatic rings. The summed E-state index contributed by atoms with van der Waals surface area (Å²) in [5.74, 6) is -8.97. The maximum Gasteiger partial charge on any atom is 0.352 e. The minimum atomic E-state index is -1.57. The lowest BCUT2D eigenvalue weighted by Gasteiger charge is -2.30. The zero-order chi connectivity index (χ0) is 55.3. The van der Waals surface area contributed by atoms with E-state index in [0.717, 1.165) is 12.5 Å². The fraction of sp³-hybridized carbons (Fsp3) is 0.617. The number of nitrogens with two attached hydrogens (primary N) is 6. The Bertz CT molecular complexity index is 2110. The van der Waals surface area contributed by atoms with Crippen molar-refractivity contribution < 1.29 is 57.8 Å². The summed E-state index contributed by atoms with van der Waals surface area (Å²) in [5.41, 5.74) is 32.9. The van der Waals surface area contributed by atoms with Gasteiger partial charge in [0.1, 0.15) is 47.8 Å². The van der Waals surface area contributed by atoms with Gasteiger partial charge in [0.2, 0.25) is 47.3 Å². The normalized spacial score (nSPS) is 16.2. The smallest absolute Gasteiger partial charge is 0.352 e. The van der Waals surface area contributed by atoms with E-state index in [0.29, 0.717) is 38.6 Å². The van der Waals surface area contributed by atoms with E-state index < -0.39 is 126 Å². The second-order valence-electron chi connectivity index (χ2n) is 17.8. The first-order valence-electron chi connectivity index (χ1n) is 24.8. The molecule has 1 saturated heterocycles. The van der Waals surface area contributed by atoms with Gasteiger partial charge in [-0.15, -0.1) is 0 Å². The third kappa shape index (κ3) is 22.1. The molecular formula is C47H78FN15O11. The number of nitrogens with one attached hydrogen (secondary N) is 7. The van der Waals surface area contributed by atoms with Crippen LogP contribution >= 0.6 is 0 Å². The number of aliphatic hydroxyl groups is 1. The second kappa shape index (κ2) is 33.8. The van der Waals surface area contributed by atoms with Crippen LogP contribution in [-0.2, 0) is 49.6 Å². The van der Waals surface area contributed by atoms with Gasteiger partial charge in [-0.3, -0.25) is 43.3 Å². The molecule has 74 heavy (non-hydrogen) atoms. The Hall–Kier alpha value is -6.81. The fourth-order valence-corrected chi connectivity index (χ4v) is 7.70. The minimum absolute atomic E-state index is 0.0222. The highest BCUT2D eigenvalue weighted by molar-refractivity contribution is 5.99. The predicted molar refractivity (Wildman–Crippen MR) is 271 cm³/mol. The summed E-state index contributed by atoms with van der Waals surface area (Å²) in [6.45, 7) is 2.72. The molecule has 0 unspecified atom stereocenters. The molecule has 1 aliphatic heterocycles. The Labute approximate surface area is 429 Å². The second-order valence-corrected chi connectivity index (χ2v) is 17.8. The molecule has 414 valence electrons.